The van der Waals surface area contributed by atoms with Crippen LogP contribution in [0.2, 0.25) is 5.02 Å². The number of carbonyl (C=O) groups excluding carboxylic acids is 1. The van der Waals surface area contributed by atoms with Crippen LogP contribution in [0.15, 0.2) is 59.0 Å². The molecule has 186 valence electrons. The van der Waals surface area contributed by atoms with Gasteiger partial charge in [0.15, 0.2) is 11.6 Å². The SMILES string of the molecule is CNC(=O)c1c(-c2ccc(Cl)cc2)oc2cc(N(Cc3ccc(O)c(F)c3)S(=O)O)c(C3CC3)cc12. The van der Waals surface area contributed by atoms with Gasteiger partial charge in [-0.25, -0.2) is 8.60 Å². The third kappa shape index (κ3) is 4.57. The molecule has 0 spiro atoms. The van der Waals surface area contributed by atoms with Gasteiger partial charge in [0.2, 0.25) is 0 Å². The summed E-state index contributed by atoms with van der Waals surface area (Å²) in [4.78, 5) is 12.9. The fraction of sp³-hybridized carbons (Fsp3) is 0.192. The molecule has 1 fully saturated rings. The lowest BCUT2D eigenvalue weighted by Gasteiger charge is -2.23. The number of anilines is 1. The standard InChI is InChI=1S/C26H22ClFN2O5S/c1-29-26(32)24-19-11-18(15-3-4-15)21(12-23(19)35-25(24)16-5-7-17(27)8-6-16)30(36(33)34)13-14-2-9-22(31)20(28)10-14/h2,5-12,15,31H,3-4,13H2,1H3,(H,29,32)(H,33,34). The molecule has 1 aliphatic carbocycles. The first-order valence-corrected chi connectivity index (χ1v) is 12.7. The topological polar surface area (TPSA) is 103 Å². The predicted octanol–water partition coefficient (Wildman–Crippen LogP) is 5.98. The number of nitrogens with one attached hydrogen (secondary N) is 1. The van der Waals surface area contributed by atoms with Gasteiger partial charge in [0.05, 0.1) is 17.8 Å². The first kappa shape index (κ1) is 24.3. The van der Waals surface area contributed by atoms with E-state index in [9.17, 15) is 23.1 Å². The second kappa shape index (κ2) is 9.57. The summed E-state index contributed by atoms with van der Waals surface area (Å²) in [6.45, 7) is -0.0847. The Labute approximate surface area is 213 Å². The van der Waals surface area contributed by atoms with E-state index in [2.05, 4.69) is 5.32 Å². The molecule has 1 atom stereocenters. The fourth-order valence-corrected chi connectivity index (χ4v) is 4.99. The predicted molar refractivity (Wildman–Crippen MR) is 137 cm³/mol. The van der Waals surface area contributed by atoms with Crippen LogP contribution in [0.5, 0.6) is 5.75 Å². The van der Waals surface area contributed by atoms with E-state index < -0.39 is 22.8 Å². The number of rotatable bonds is 7. The van der Waals surface area contributed by atoms with E-state index in [1.54, 1.807) is 30.3 Å². The Morgan fingerprint density at radius 3 is 2.53 bits per heavy atom. The lowest BCUT2D eigenvalue weighted by Crippen LogP contribution is -2.25. The van der Waals surface area contributed by atoms with E-state index in [4.69, 9.17) is 16.0 Å². The first-order chi connectivity index (χ1) is 17.3. The van der Waals surface area contributed by atoms with Gasteiger partial charge >= 0.3 is 0 Å². The van der Waals surface area contributed by atoms with Crippen molar-refractivity contribution in [1.29, 1.82) is 0 Å². The number of benzene rings is 3. The Balaban J connectivity index is 1.68. The highest BCUT2D eigenvalue weighted by Gasteiger charge is 2.32. The van der Waals surface area contributed by atoms with Gasteiger partial charge < -0.3 is 14.8 Å². The molecular formula is C26H22ClFN2O5S. The minimum atomic E-state index is -2.44. The van der Waals surface area contributed by atoms with Crippen LogP contribution in [0.3, 0.4) is 0 Å². The number of nitrogens with zero attached hydrogens (tertiary/aromatic N) is 1. The summed E-state index contributed by atoms with van der Waals surface area (Å²) in [5, 5.41) is 13.3. The van der Waals surface area contributed by atoms with Crippen LogP contribution in [-0.4, -0.2) is 26.8 Å². The molecule has 1 heterocycles. The van der Waals surface area contributed by atoms with E-state index in [0.29, 0.717) is 44.1 Å². The van der Waals surface area contributed by atoms with Crippen molar-refractivity contribution in [2.24, 2.45) is 0 Å². The number of phenolic OH excluding ortho intramolecular Hbond substituents is 1. The maximum Gasteiger partial charge on any atom is 0.262 e. The fourth-order valence-electron chi connectivity index (χ4n) is 4.28. The Morgan fingerprint density at radius 2 is 1.92 bits per heavy atom. The molecule has 0 bridgehead atoms. The van der Waals surface area contributed by atoms with E-state index in [-0.39, 0.29) is 18.4 Å². The van der Waals surface area contributed by atoms with Gasteiger partial charge in [0.1, 0.15) is 11.3 Å². The smallest absolute Gasteiger partial charge is 0.262 e. The summed E-state index contributed by atoms with van der Waals surface area (Å²) in [5.74, 6) is -1.13. The molecule has 36 heavy (non-hydrogen) atoms. The lowest BCUT2D eigenvalue weighted by molar-refractivity contribution is 0.0964. The van der Waals surface area contributed by atoms with E-state index >= 15 is 0 Å². The van der Waals surface area contributed by atoms with Crippen molar-refractivity contribution in [3.63, 3.8) is 0 Å². The van der Waals surface area contributed by atoms with Crippen LogP contribution in [0.4, 0.5) is 10.1 Å². The molecule has 3 N–H and O–H groups in total. The van der Waals surface area contributed by atoms with Gasteiger partial charge in [-0.3, -0.25) is 13.7 Å². The zero-order valence-corrected chi connectivity index (χ0v) is 20.7. The number of carbonyl (C=O) groups is 1. The van der Waals surface area contributed by atoms with Crippen molar-refractivity contribution < 1.29 is 27.5 Å². The molecule has 1 unspecified atom stereocenters. The highest BCUT2D eigenvalue weighted by atomic mass is 35.5. The van der Waals surface area contributed by atoms with Crippen LogP contribution in [0.25, 0.3) is 22.3 Å². The van der Waals surface area contributed by atoms with Crippen molar-refractivity contribution in [3.8, 4) is 17.1 Å². The van der Waals surface area contributed by atoms with Crippen LogP contribution < -0.4 is 9.62 Å². The van der Waals surface area contributed by atoms with E-state index in [1.807, 2.05) is 6.07 Å². The Morgan fingerprint density at radius 1 is 1.19 bits per heavy atom. The van der Waals surface area contributed by atoms with Crippen LogP contribution in [0.1, 0.15) is 40.2 Å². The van der Waals surface area contributed by atoms with Crippen molar-refractivity contribution in [3.05, 3.63) is 82.1 Å². The largest absolute Gasteiger partial charge is 0.505 e. The number of hydrogen-bond donors (Lipinski definition) is 3. The van der Waals surface area contributed by atoms with Gasteiger partial charge in [-0.2, -0.15) is 0 Å². The molecule has 7 nitrogen and oxygen atoms in total. The maximum atomic E-state index is 13.9. The Hall–Kier alpha value is -3.40. The molecule has 1 aliphatic rings. The molecule has 1 saturated carbocycles. The number of fused-ring (bicyclic) bond motifs is 1. The molecule has 1 amide bonds. The molecule has 0 radical (unpaired) electrons. The van der Waals surface area contributed by atoms with Crippen molar-refractivity contribution >= 4 is 45.4 Å². The third-order valence-corrected chi connectivity index (χ3v) is 7.17. The summed E-state index contributed by atoms with van der Waals surface area (Å²) >= 11 is 3.59. The van der Waals surface area contributed by atoms with Gasteiger partial charge in [-0.05, 0) is 72.4 Å². The average Bonchev–Trinajstić information content (AvgIpc) is 3.64. The second-order valence-corrected chi connectivity index (χ2v) is 9.97. The molecule has 1 aromatic heterocycles. The Bertz CT molecular complexity index is 1500. The summed E-state index contributed by atoms with van der Waals surface area (Å²) in [7, 11) is 1.54. The van der Waals surface area contributed by atoms with Crippen molar-refractivity contribution in [2.45, 2.75) is 25.3 Å². The van der Waals surface area contributed by atoms with Crippen LogP contribution in [0, 0.1) is 5.82 Å². The quantitative estimate of drug-likeness (QED) is 0.256. The minimum absolute atomic E-state index is 0.0847. The third-order valence-electron chi connectivity index (χ3n) is 6.21. The normalized spacial score (nSPS) is 14.1. The molecule has 10 heteroatoms. The Kier molecular flexibility index (Phi) is 6.46. The molecule has 5 rings (SSSR count). The average molecular weight is 529 g/mol. The summed E-state index contributed by atoms with van der Waals surface area (Å²) in [6.07, 6.45) is 1.80. The first-order valence-electron chi connectivity index (χ1n) is 11.2. The molecule has 4 aromatic rings. The number of aromatic hydroxyl groups is 1. The summed E-state index contributed by atoms with van der Waals surface area (Å²) in [6, 6.07) is 14.2. The van der Waals surface area contributed by atoms with E-state index in [1.165, 1.54) is 23.5 Å². The summed E-state index contributed by atoms with van der Waals surface area (Å²) < 4.78 is 44.0. The monoisotopic (exact) mass is 528 g/mol. The van der Waals surface area contributed by atoms with Crippen molar-refractivity contribution in [2.75, 3.05) is 11.4 Å². The number of hydrogen-bond acceptors (Lipinski definition) is 4. The van der Waals surface area contributed by atoms with E-state index in [0.717, 1.165) is 24.5 Å². The van der Waals surface area contributed by atoms with Gasteiger partial charge in [-0.1, -0.05) is 17.7 Å². The molecular weight excluding hydrogens is 507 g/mol. The highest BCUT2D eigenvalue weighted by Crippen LogP contribution is 2.48. The molecule has 3 aromatic carbocycles. The van der Waals surface area contributed by atoms with Gasteiger partial charge in [0.25, 0.3) is 17.2 Å². The zero-order chi connectivity index (χ0) is 25.6. The summed E-state index contributed by atoms with van der Waals surface area (Å²) in [5.41, 5.74) is 3.05. The number of amides is 1. The lowest BCUT2D eigenvalue weighted by atomic mass is 10.00. The second-order valence-electron chi connectivity index (χ2n) is 8.63. The number of halogens is 2. The number of furan rings is 1. The number of phenols is 1. The highest BCUT2D eigenvalue weighted by molar-refractivity contribution is 7.80. The van der Waals surface area contributed by atoms with Crippen LogP contribution >= 0.6 is 11.6 Å². The molecule has 0 aliphatic heterocycles. The van der Waals surface area contributed by atoms with Crippen molar-refractivity contribution in [1.82, 2.24) is 5.32 Å². The van der Waals surface area contributed by atoms with Crippen LogP contribution in [-0.2, 0) is 17.8 Å². The zero-order valence-electron chi connectivity index (χ0n) is 19.1. The van der Waals surface area contributed by atoms with Gasteiger partial charge in [0, 0.05) is 29.1 Å². The molecule has 0 saturated heterocycles. The maximum absolute atomic E-state index is 13.9. The minimum Gasteiger partial charge on any atom is -0.505 e. The van der Waals surface area contributed by atoms with Gasteiger partial charge in [-0.15, -0.1) is 0 Å².